The minimum atomic E-state index is -0.815. The highest BCUT2D eigenvalue weighted by Crippen LogP contribution is 2.11. The predicted octanol–water partition coefficient (Wildman–Crippen LogP) is 3.35. The molecule has 0 aromatic heterocycles. The number of ether oxygens (including phenoxy) is 2. The fourth-order valence-corrected chi connectivity index (χ4v) is 2.36. The van der Waals surface area contributed by atoms with E-state index in [1.165, 1.54) is 7.11 Å². The molecule has 0 saturated carbocycles. The van der Waals surface area contributed by atoms with Gasteiger partial charge in [0.05, 0.1) is 7.11 Å². The van der Waals surface area contributed by atoms with Gasteiger partial charge in [0.2, 0.25) is 0 Å². The molecule has 24 heavy (non-hydrogen) atoms. The summed E-state index contributed by atoms with van der Waals surface area (Å²) in [5.41, 5.74) is 1.67. The Balaban J connectivity index is 1.93. The zero-order valence-corrected chi connectivity index (χ0v) is 14.0. The number of methoxy groups -OCH3 is 1. The van der Waals surface area contributed by atoms with Gasteiger partial charge in [-0.3, -0.25) is 0 Å². The lowest BCUT2D eigenvalue weighted by atomic mass is 10.1. The van der Waals surface area contributed by atoms with Gasteiger partial charge in [-0.15, -0.1) is 0 Å². The van der Waals surface area contributed by atoms with Crippen molar-refractivity contribution in [2.75, 3.05) is 7.11 Å². The van der Waals surface area contributed by atoms with Gasteiger partial charge in [0.25, 0.3) is 0 Å². The zero-order valence-electron chi connectivity index (χ0n) is 13.2. The van der Waals surface area contributed by atoms with E-state index < -0.39 is 18.1 Å². The SMILES string of the molecule is COC(=O)[C@H](Cc1ccccc1)NC(=O)OCc1cccc(Cl)c1. The average molecular weight is 348 g/mol. The van der Waals surface area contributed by atoms with E-state index in [-0.39, 0.29) is 6.61 Å². The number of carbonyl (C=O) groups excluding carboxylic acids is 2. The van der Waals surface area contributed by atoms with Gasteiger partial charge in [0, 0.05) is 11.4 Å². The Morgan fingerprint density at radius 1 is 1.08 bits per heavy atom. The number of rotatable bonds is 6. The van der Waals surface area contributed by atoms with E-state index in [4.69, 9.17) is 21.1 Å². The summed E-state index contributed by atoms with van der Waals surface area (Å²) >= 11 is 5.88. The first-order valence-electron chi connectivity index (χ1n) is 7.38. The lowest BCUT2D eigenvalue weighted by Crippen LogP contribution is -2.43. The monoisotopic (exact) mass is 347 g/mol. The summed E-state index contributed by atoms with van der Waals surface area (Å²) in [6.07, 6.45) is -0.374. The molecule has 1 amide bonds. The van der Waals surface area contributed by atoms with Gasteiger partial charge >= 0.3 is 12.1 Å². The van der Waals surface area contributed by atoms with Crippen molar-refractivity contribution in [2.24, 2.45) is 0 Å². The van der Waals surface area contributed by atoms with Crippen molar-refractivity contribution < 1.29 is 19.1 Å². The van der Waals surface area contributed by atoms with Crippen LogP contribution >= 0.6 is 11.6 Å². The maximum Gasteiger partial charge on any atom is 0.408 e. The van der Waals surface area contributed by atoms with Crippen LogP contribution in [0, 0.1) is 0 Å². The molecule has 126 valence electrons. The summed E-state index contributed by atoms with van der Waals surface area (Å²) in [5.74, 6) is -0.529. The molecule has 2 aromatic rings. The molecular formula is C18H18ClNO4. The summed E-state index contributed by atoms with van der Waals surface area (Å²) in [7, 11) is 1.28. The molecule has 5 nitrogen and oxygen atoms in total. The zero-order chi connectivity index (χ0) is 17.4. The predicted molar refractivity (Wildman–Crippen MR) is 90.7 cm³/mol. The molecule has 0 bridgehead atoms. The minimum absolute atomic E-state index is 0.0611. The van der Waals surface area contributed by atoms with Crippen LogP contribution in [-0.2, 0) is 27.3 Å². The third kappa shape index (κ3) is 5.59. The van der Waals surface area contributed by atoms with E-state index >= 15 is 0 Å². The summed E-state index contributed by atoms with van der Waals surface area (Å²) in [6, 6.07) is 15.5. The Labute approximate surface area is 145 Å². The van der Waals surface area contributed by atoms with Crippen LogP contribution < -0.4 is 5.32 Å². The van der Waals surface area contributed by atoms with Crippen LogP contribution in [0.1, 0.15) is 11.1 Å². The van der Waals surface area contributed by atoms with Crippen molar-refractivity contribution in [3.05, 3.63) is 70.7 Å². The number of nitrogens with one attached hydrogen (secondary N) is 1. The lowest BCUT2D eigenvalue weighted by molar-refractivity contribution is -0.143. The van der Waals surface area contributed by atoms with Gasteiger partial charge in [0.1, 0.15) is 12.6 Å². The normalized spacial score (nSPS) is 11.4. The fourth-order valence-electron chi connectivity index (χ4n) is 2.14. The van der Waals surface area contributed by atoms with Crippen LogP contribution in [0.5, 0.6) is 0 Å². The molecule has 0 saturated heterocycles. The van der Waals surface area contributed by atoms with Crippen molar-refractivity contribution >= 4 is 23.7 Å². The van der Waals surface area contributed by atoms with E-state index in [9.17, 15) is 9.59 Å². The van der Waals surface area contributed by atoms with E-state index in [2.05, 4.69) is 5.32 Å². The van der Waals surface area contributed by atoms with Crippen molar-refractivity contribution in [3.63, 3.8) is 0 Å². The Morgan fingerprint density at radius 2 is 1.79 bits per heavy atom. The molecule has 0 spiro atoms. The molecule has 1 atom stereocenters. The van der Waals surface area contributed by atoms with Crippen molar-refractivity contribution in [1.82, 2.24) is 5.32 Å². The number of benzene rings is 2. The molecule has 0 radical (unpaired) electrons. The van der Waals surface area contributed by atoms with Gasteiger partial charge in [-0.1, -0.05) is 54.1 Å². The lowest BCUT2D eigenvalue weighted by Gasteiger charge is -2.16. The number of alkyl carbamates (subject to hydrolysis) is 1. The molecule has 2 aromatic carbocycles. The third-order valence-electron chi connectivity index (χ3n) is 3.32. The maximum absolute atomic E-state index is 11.9. The number of amides is 1. The highest BCUT2D eigenvalue weighted by molar-refractivity contribution is 6.30. The summed E-state index contributed by atoms with van der Waals surface area (Å²) in [6.45, 7) is 0.0611. The summed E-state index contributed by atoms with van der Waals surface area (Å²) < 4.78 is 9.87. The van der Waals surface area contributed by atoms with Crippen molar-refractivity contribution in [1.29, 1.82) is 0 Å². The van der Waals surface area contributed by atoms with Gasteiger partial charge in [-0.2, -0.15) is 0 Å². The maximum atomic E-state index is 11.9. The second-order valence-corrected chi connectivity index (χ2v) is 5.55. The number of hydrogen-bond donors (Lipinski definition) is 1. The molecule has 6 heteroatoms. The first-order chi connectivity index (χ1) is 11.6. The Morgan fingerprint density at radius 3 is 2.46 bits per heavy atom. The Kier molecular flexibility index (Phi) is 6.63. The quantitative estimate of drug-likeness (QED) is 0.814. The molecule has 0 aliphatic heterocycles. The summed E-state index contributed by atoms with van der Waals surface area (Å²) in [5, 5.41) is 3.10. The number of halogens is 1. The summed E-state index contributed by atoms with van der Waals surface area (Å²) in [4.78, 5) is 23.8. The third-order valence-corrected chi connectivity index (χ3v) is 3.55. The highest BCUT2D eigenvalue weighted by Gasteiger charge is 2.22. The molecule has 1 N–H and O–H groups in total. The van der Waals surface area contributed by atoms with Crippen molar-refractivity contribution in [2.45, 2.75) is 19.1 Å². The van der Waals surface area contributed by atoms with Gasteiger partial charge in [0.15, 0.2) is 0 Å². The molecule has 2 rings (SSSR count). The Bertz CT molecular complexity index is 690. The Hall–Kier alpha value is -2.53. The molecule has 0 aliphatic carbocycles. The van der Waals surface area contributed by atoms with Gasteiger partial charge in [-0.25, -0.2) is 9.59 Å². The second-order valence-electron chi connectivity index (χ2n) is 5.12. The molecule has 0 heterocycles. The topological polar surface area (TPSA) is 64.6 Å². The second kappa shape index (κ2) is 8.93. The standard InChI is InChI=1S/C18H18ClNO4/c1-23-17(21)16(11-13-6-3-2-4-7-13)20-18(22)24-12-14-8-5-9-15(19)10-14/h2-10,16H,11-12H2,1H3,(H,20,22)/t16-/m0/s1. The van der Waals surface area contributed by atoms with Crippen molar-refractivity contribution in [3.8, 4) is 0 Å². The average Bonchev–Trinajstić information content (AvgIpc) is 2.59. The van der Waals surface area contributed by atoms with E-state index in [1.807, 2.05) is 30.3 Å². The molecular weight excluding hydrogens is 330 g/mol. The van der Waals surface area contributed by atoms with Crippen LogP contribution in [-0.4, -0.2) is 25.2 Å². The fraction of sp³-hybridized carbons (Fsp3) is 0.222. The largest absolute Gasteiger partial charge is 0.467 e. The highest BCUT2D eigenvalue weighted by atomic mass is 35.5. The van der Waals surface area contributed by atoms with Crippen LogP contribution in [0.15, 0.2) is 54.6 Å². The smallest absolute Gasteiger partial charge is 0.408 e. The number of hydrogen-bond acceptors (Lipinski definition) is 4. The first kappa shape index (κ1) is 17.8. The molecule has 0 unspecified atom stereocenters. The van der Waals surface area contributed by atoms with Gasteiger partial charge < -0.3 is 14.8 Å². The van der Waals surface area contributed by atoms with Crippen LogP contribution in [0.25, 0.3) is 0 Å². The first-order valence-corrected chi connectivity index (χ1v) is 7.76. The van der Waals surface area contributed by atoms with Crippen LogP contribution in [0.4, 0.5) is 4.79 Å². The molecule has 0 aliphatic rings. The number of carbonyl (C=O) groups is 2. The van der Waals surface area contributed by atoms with Gasteiger partial charge in [-0.05, 0) is 23.3 Å². The molecule has 0 fully saturated rings. The van der Waals surface area contributed by atoms with E-state index in [0.717, 1.165) is 11.1 Å². The van der Waals surface area contributed by atoms with E-state index in [0.29, 0.717) is 11.4 Å². The minimum Gasteiger partial charge on any atom is -0.467 e. The van der Waals surface area contributed by atoms with E-state index in [1.54, 1.807) is 24.3 Å². The van der Waals surface area contributed by atoms with Crippen LogP contribution in [0.3, 0.4) is 0 Å². The number of esters is 1. The van der Waals surface area contributed by atoms with Crippen LogP contribution in [0.2, 0.25) is 5.02 Å².